The summed E-state index contributed by atoms with van der Waals surface area (Å²) in [7, 11) is 3.88. The van der Waals surface area contributed by atoms with Crippen molar-refractivity contribution < 1.29 is 24.2 Å². The van der Waals surface area contributed by atoms with Crippen LogP contribution in [-0.2, 0) is 9.59 Å². The Labute approximate surface area is 203 Å². The molecule has 2 aliphatic rings. The highest BCUT2D eigenvalue weighted by atomic mass is 16.7. The van der Waals surface area contributed by atoms with E-state index in [9.17, 15) is 14.7 Å². The van der Waals surface area contributed by atoms with Crippen molar-refractivity contribution in [3.05, 3.63) is 88.5 Å². The Morgan fingerprint density at radius 3 is 2.31 bits per heavy atom. The molecule has 178 valence electrons. The van der Waals surface area contributed by atoms with Gasteiger partial charge in [0.2, 0.25) is 6.79 Å². The zero-order chi connectivity index (χ0) is 24.9. The summed E-state index contributed by atoms with van der Waals surface area (Å²) in [6, 6.07) is 17.4. The molecule has 0 spiro atoms. The van der Waals surface area contributed by atoms with Gasteiger partial charge in [-0.1, -0.05) is 24.3 Å². The lowest BCUT2D eigenvalue weighted by Crippen LogP contribution is -2.29. The molecule has 3 aromatic rings. The van der Waals surface area contributed by atoms with Crippen molar-refractivity contribution >= 4 is 28.8 Å². The second kappa shape index (κ2) is 8.51. The van der Waals surface area contributed by atoms with E-state index in [4.69, 9.17) is 9.47 Å². The van der Waals surface area contributed by atoms with Gasteiger partial charge in [-0.05, 0) is 60.9 Å². The Hall–Kier alpha value is -4.26. The van der Waals surface area contributed by atoms with Gasteiger partial charge >= 0.3 is 0 Å². The number of ketones is 1. The SMILES string of the molecule is Cc1ccc(/C(O)=C2\C(=O)C(=O)N(c3ccc4c(c3)OCO4)C2c2ccc(N(C)C)cc2)cc1C. The molecule has 1 atom stereocenters. The van der Waals surface area contributed by atoms with Crippen LogP contribution in [0.2, 0.25) is 0 Å². The van der Waals surface area contributed by atoms with E-state index in [2.05, 4.69) is 0 Å². The zero-order valence-electron chi connectivity index (χ0n) is 20.0. The first-order valence-corrected chi connectivity index (χ1v) is 11.3. The van der Waals surface area contributed by atoms with E-state index in [1.165, 1.54) is 4.90 Å². The number of carbonyl (C=O) groups is 2. The molecule has 0 aromatic heterocycles. The van der Waals surface area contributed by atoms with Crippen LogP contribution in [0.4, 0.5) is 11.4 Å². The average Bonchev–Trinajstić information content (AvgIpc) is 3.42. The van der Waals surface area contributed by atoms with Gasteiger partial charge in [0.15, 0.2) is 11.5 Å². The fourth-order valence-corrected chi connectivity index (χ4v) is 4.45. The van der Waals surface area contributed by atoms with Crippen molar-refractivity contribution in [2.45, 2.75) is 19.9 Å². The highest BCUT2D eigenvalue weighted by Crippen LogP contribution is 2.45. The number of fused-ring (bicyclic) bond motifs is 1. The van der Waals surface area contributed by atoms with Gasteiger partial charge in [-0.25, -0.2) is 0 Å². The minimum atomic E-state index is -0.812. The Bertz CT molecular complexity index is 1370. The van der Waals surface area contributed by atoms with Crippen LogP contribution in [-0.4, -0.2) is 37.7 Å². The fourth-order valence-electron chi connectivity index (χ4n) is 4.45. The van der Waals surface area contributed by atoms with Gasteiger partial charge in [0.05, 0.1) is 11.6 Å². The van der Waals surface area contributed by atoms with Gasteiger partial charge in [0.1, 0.15) is 5.76 Å². The van der Waals surface area contributed by atoms with Crippen LogP contribution in [0, 0.1) is 13.8 Å². The summed E-state index contributed by atoms with van der Waals surface area (Å²) in [6.07, 6.45) is 0. The lowest BCUT2D eigenvalue weighted by Gasteiger charge is -2.26. The lowest BCUT2D eigenvalue weighted by atomic mass is 9.94. The Morgan fingerprint density at radius 2 is 1.63 bits per heavy atom. The zero-order valence-corrected chi connectivity index (χ0v) is 20.0. The third-order valence-electron chi connectivity index (χ3n) is 6.58. The van der Waals surface area contributed by atoms with Crippen LogP contribution in [0.3, 0.4) is 0 Å². The first-order valence-electron chi connectivity index (χ1n) is 11.3. The molecule has 0 bridgehead atoms. The van der Waals surface area contributed by atoms with E-state index in [-0.39, 0.29) is 18.1 Å². The lowest BCUT2D eigenvalue weighted by molar-refractivity contribution is -0.132. The van der Waals surface area contributed by atoms with Gasteiger partial charge in [-0.15, -0.1) is 0 Å². The Morgan fingerprint density at radius 1 is 0.914 bits per heavy atom. The van der Waals surface area contributed by atoms with Crippen molar-refractivity contribution in [2.75, 3.05) is 30.7 Å². The topological polar surface area (TPSA) is 79.3 Å². The number of benzene rings is 3. The normalized spacial score (nSPS) is 18.3. The molecule has 7 heteroatoms. The average molecular weight is 471 g/mol. The molecule has 35 heavy (non-hydrogen) atoms. The molecule has 1 N–H and O–H groups in total. The number of aliphatic hydroxyl groups is 1. The van der Waals surface area contributed by atoms with E-state index in [0.29, 0.717) is 28.3 Å². The summed E-state index contributed by atoms with van der Waals surface area (Å²) in [5, 5.41) is 11.3. The van der Waals surface area contributed by atoms with Crippen molar-refractivity contribution in [3.63, 3.8) is 0 Å². The molecule has 3 aromatic carbocycles. The van der Waals surface area contributed by atoms with Crippen LogP contribution >= 0.6 is 0 Å². The first kappa shape index (κ1) is 22.5. The van der Waals surface area contributed by atoms with E-state index in [0.717, 1.165) is 16.8 Å². The van der Waals surface area contributed by atoms with Crippen molar-refractivity contribution in [1.29, 1.82) is 0 Å². The summed E-state index contributed by atoms with van der Waals surface area (Å²) in [5.41, 5.74) is 4.75. The molecule has 0 saturated carbocycles. The van der Waals surface area contributed by atoms with Gasteiger partial charge < -0.3 is 19.5 Å². The number of carbonyl (C=O) groups excluding carboxylic acids is 2. The molecule has 1 fully saturated rings. The summed E-state index contributed by atoms with van der Waals surface area (Å²) < 4.78 is 10.9. The van der Waals surface area contributed by atoms with Crippen molar-refractivity contribution in [3.8, 4) is 11.5 Å². The van der Waals surface area contributed by atoms with Crippen LogP contribution < -0.4 is 19.3 Å². The quantitative estimate of drug-likeness (QED) is 0.338. The van der Waals surface area contributed by atoms with Crippen molar-refractivity contribution in [2.24, 2.45) is 0 Å². The first-order chi connectivity index (χ1) is 16.8. The summed E-state index contributed by atoms with van der Waals surface area (Å²) in [5.74, 6) is -0.569. The van der Waals surface area contributed by atoms with Crippen molar-refractivity contribution in [1.82, 2.24) is 0 Å². The number of Topliss-reactive ketones (excluding diaryl/α,β-unsaturated/α-hetero) is 1. The van der Waals surface area contributed by atoms with Gasteiger partial charge in [0, 0.05) is 37.1 Å². The third kappa shape index (κ3) is 3.79. The van der Waals surface area contributed by atoms with E-state index < -0.39 is 17.7 Å². The predicted octanol–water partition coefficient (Wildman–Crippen LogP) is 4.72. The molecule has 1 saturated heterocycles. The van der Waals surface area contributed by atoms with Crippen LogP contribution in [0.1, 0.15) is 28.3 Å². The van der Waals surface area contributed by atoms with Crippen LogP contribution in [0.15, 0.2) is 66.2 Å². The predicted molar refractivity (Wildman–Crippen MR) is 134 cm³/mol. The highest BCUT2D eigenvalue weighted by molar-refractivity contribution is 6.51. The maximum Gasteiger partial charge on any atom is 0.300 e. The molecule has 7 nitrogen and oxygen atoms in total. The second-order valence-corrected chi connectivity index (χ2v) is 8.99. The van der Waals surface area contributed by atoms with Gasteiger partial charge in [0.25, 0.3) is 11.7 Å². The number of rotatable bonds is 4. The van der Waals surface area contributed by atoms with Crippen LogP contribution in [0.5, 0.6) is 11.5 Å². The summed E-state index contributed by atoms with van der Waals surface area (Å²) >= 11 is 0. The van der Waals surface area contributed by atoms with Gasteiger partial charge in [-0.3, -0.25) is 14.5 Å². The monoisotopic (exact) mass is 470 g/mol. The fraction of sp³-hybridized carbons (Fsp3) is 0.214. The Kier molecular flexibility index (Phi) is 5.47. The molecule has 5 rings (SSSR count). The number of hydrogen-bond acceptors (Lipinski definition) is 6. The second-order valence-electron chi connectivity index (χ2n) is 8.99. The molecular formula is C28H26N2O5. The Balaban J connectivity index is 1.70. The van der Waals surface area contributed by atoms with E-state index >= 15 is 0 Å². The number of anilines is 2. The molecule has 0 radical (unpaired) electrons. The number of aryl methyl sites for hydroxylation is 2. The largest absolute Gasteiger partial charge is 0.507 e. The minimum Gasteiger partial charge on any atom is -0.507 e. The molecule has 2 aliphatic heterocycles. The van der Waals surface area contributed by atoms with E-state index in [1.54, 1.807) is 24.3 Å². The number of aliphatic hydroxyl groups excluding tert-OH is 1. The number of hydrogen-bond donors (Lipinski definition) is 1. The molecule has 1 unspecified atom stereocenters. The molecule has 2 heterocycles. The van der Waals surface area contributed by atoms with Gasteiger partial charge in [-0.2, -0.15) is 0 Å². The van der Waals surface area contributed by atoms with Crippen LogP contribution in [0.25, 0.3) is 5.76 Å². The summed E-state index contributed by atoms with van der Waals surface area (Å²) in [4.78, 5) is 30.1. The highest BCUT2D eigenvalue weighted by Gasteiger charge is 2.47. The maximum absolute atomic E-state index is 13.4. The number of ether oxygens (including phenoxy) is 2. The molecule has 0 aliphatic carbocycles. The minimum absolute atomic E-state index is 0.0496. The molecular weight excluding hydrogens is 444 g/mol. The number of nitrogens with zero attached hydrogens (tertiary/aromatic N) is 2. The summed E-state index contributed by atoms with van der Waals surface area (Å²) in [6.45, 7) is 4.01. The smallest absolute Gasteiger partial charge is 0.300 e. The standard InChI is InChI=1S/C28H26N2O5/c1-16-5-6-19(13-17(16)2)26(31)24-25(18-7-9-20(10-8-18)29(3)4)30(28(33)27(24)32)21-11-12-22-23(14-21)35-15-34-22/h5-14,25,31H,15H2,1-4H3/b26-24+. The third-order valence-corrected chi connectivity index (χ3v) is 6.58. The van der Waals surface area contributed by atoms with E-state index in [1.807, 2.05) is 69.2 Å². The maximum atomic E-state index is 13.4. The molecule has 1 amide bonds. The number of amides is 1.